The van der Waals surface area contributed by atoms with Gasteiger partial charge in [-0.15, -0.1) is 0 Å². The fourth-order valence-electron chi connectivity index (χ4n) is 3.68. The Morgan fingerprint density at radius 1 is 0.800 bits per heavy atom. The number of anilines is 2. The molecule has 1 saturated heterocycles. The first-order valence-electron chi connectivity index (χ1n) is 10.2. The minimum absolute atomic E-state index is 0.0194. The van der Waals surface area contributed by atoms with Crippen LogP contribution in [0.5, 0.6) is 0 Å². The summed E-state index contributed by atoms with van der Waals surface area (Å²) in [5.74, 6) is -0.0583. The first kappa shape index (κ1) is 19.7. The lowest BCUT2D eigenvalue weighted by Gasteiger charge is -2.35. The van der Waals surface area contributed by atoms with Gasteiger partial charge in [-0.2, -0.15) is 0 Å². The molecule has 3 aromatic rings. The van der Waals surface area contributed by atoms with Crippen molar-refractivity contribution in [2.45, 2.75) is 19.4 Å². The number of hydrogen-bond acceptors (Lipinski definition) is 2. The summed E-state index contributed by atoms with van der Waals surface area (Å²) in [5, 5.41) is 2.92. The molecule has 152 valence electrons. The number of hydrogen-bond donors (Lipinski definition) is 1. The first-order chi connectivity index (χ1) is 14.7. The van der Waals surface area contributed by atoms with Crippen molar-refractivity contribution in [1.82, 2.24) is 4.90 Å². The minimum atomic E-state index is -0.0583. The number of carbonyl (C=O) groups is 2. The Morgan fingerprint density at radius 3 is 2.10 bits per heavy atom. The molecule has 0 unspecified atom stereocenters. The smallest absolute Gasteiger partial charge is 0.324 e. The van der Waals surface area contributed by atoms with Crippen molar-refractivity contribution < 1.29 is 9.59 Å². The molecule has 0 saturated carbocycles. The standard InChI is InChI=1S/C25H25N3O2/c29-24(18-20-8-3-1-4-9-20)26-22-12-14-23(15-13-22)28-17-7-16-27(25(28)30)19-21-10-5-2-6-11-21/h1-6,8-15H,7,16-19H2,(H,26,29). The van der Waals surface area contributed by atoms with Gasteiger partial charge >= 0.3 is 6.03 Å². The Labute approximate surface area is 176 Å². The summed E-state index contributed by atoms with van der Waals surface area (Å²) in [4.78, 5) is 28.9. The number of urea groups is 1. The van der Waals surface area contributed by atoms with Gasteiger partial charge in [-0.3, -0.25) is 9.69 Å². The summed E-state index contributed by atoms with van der Waals surface area (Å²) in [6.45, 7) is 2.07. The lowest BCUT2D eigenvalue weighted by Crippen LogP contribution is -2.49. The number of carbonyl (C=O) groups excluding carboxylic acids is 2. The van der Waals surface area contributed by atoms with E-state index in [1.165, 1.54) is 0 Å². The molecular weight excluding hydrogens is 374 g/mol. The topological polar surface area (TPSA) is 52.7 Å². The molecule has 5 nitrogen and oxygen atoms in total. The highest BCUT2D eigenvalue weighted by Crippen LogP contribution is 2.23. The third-order valence-corrected chi connectivity index (χ3v) is 5.20. The molecule has 30 heavy (non-hydrogen) atoms. The Balaban J connectivity index is 1.38. The van der Waals surface area contributed by atoms with E-state index in [1.54, 1.807) is 0 Å². The monoisotopic (exact) mass is 399 g/mol. The van der Waals surface area contributed by atoms with Crippen LogP contribution < -0.4 is 10.2 Å². The van der Waals surface area contributed by atoms with E-state index in [9.17, 15) is 9.59 Å². The minimum Gasteiger partial charge on any atom is -0.326 e. The Hall–Kier alpha value is -3.60. The van der Waals surface area contributed by atoms with Crippen LogP contribution in [0, 0.1) is 0 Å². The van der Waals surface area contributed by atoms with Gasteiger partial charge in [0.1, 0.15) is 0 Å². The van der Waals surface area contributed by atoms with Crippen LogP contribution in [-0.2, 0) is 17.8 Å². The van der Waals surface area contributed by atoms with Crippen LogP contribution in [0.2, 0.25) is 0 Å². The van der Waals surface area contributed by atoms with E-state index in [-0.39, 0.29) is 11.9 Å². The zero-order valence-electron chi connectivity index (χ0n) is 16.8. The van der Waals surface area contributed by atoms with Crippen LogP contribution in [-0.4, -0.2) is 29.9 Å². The van der Waals surface area contributed by atoms with E-state index in [0.29, 0.717) is 19.5 Å². The molecule has 1 aliphatic heterocycles. The molecule has 0 atom stereocenters. The number of nitrogens with one attached hydrogen (secondary N) is 1. The average Bonchev–Trinajstić information content (AvgIpc) is 2.77. The predicted molar refractivity (Wildman–Crippen MR) is 119 cm³/mol. The second-order valence-corrected chi connectivity index (χ2v) is 7.45. The van der Waals surface area contributed by atoms with Crippen molar-refractivity contribution in [3.8, 4) is 0 Å². The van der Waals surface area contributed by atoms with Crippen LogP contribution in [0.3, 0.4) is 0 Å². The van der Waals surface area contributed by atoms with Crippen molar-refractivity contribution in [3.63, 3.8) is 0 Å². The second-order valence-electron chi connectivity index (χ2n) is 7.45. The highest BCUT2D eigenvalue weighted by Gasteiger charge is 2.26. The van der Waals surface area contributed by atoms with Crippen LogP contribution >= 0.6 is 0 Å². The molecule has 1 fully saturated rings. The van der Waals surface area contributed by atoms with Gasteiger partial charge in [0.05, 0.1) is 6.42 Å². The maximum Gasteiger partial charge on any atom is 0.324 e. The summed E-state index contributed by atoms with van der Waals surface area (Å²) in [5.41, 5.74) is 3.68. The lowest BCUT2D eigenvalue weighted by atomic mass is 10.1. The Bertz CT molecular complexity index is 988. The van der Waals surface area contributed by atoms with Gasteiger partial charge in [0.15, 0.2) is 0 Å². The van der Waals surface area contributed by atoms with Crippen molar-refractivity contribution in [2.75, 3.05) is 23.3 Å². The van der Waals surface area contributed by atoms with Crippen molar-refractivity contribution in [1.29, 1.82) is 0 Å². The third kappa shape index (κ3) is 4.87. The maximum absolute atomic E-state index is 13.0. The molecule has 4 rings (SSSR count). The number of benzene rings is 3. The van der Waals surface area contributed by atoms with Gasteiger partial charge in [-0.1, -0.05) is 60.7 Å². The molecule has 0 spiro atoms. The van der Waals surface area contributed by atoms with E-state index in [2.05, 4.69) is 5.32 Å². The third-order valence-electron chi connectivity index (χ3n) is 5.20. The maximum atomic E-state index is 13.0. The number of nitrogens with zero attached hydrogens (tertiary/aromatic N) is 2. The van der Waals surface area contributed by atoms with Gasteiger partial charge in [0.25, 0.3) is 0 Å². The van der Waals surface area contributed by atoms with Gasteiger partial charge in [-0.05, 0) is 41.8 Å². The summed E-state index contributed by atoms with van der Waals surface area (Å²) in [6, 6.07) is 27.2. The quantitative estimate of drug-likeness (QED) is 0.653. The zero-order chi connectivity index (χ0) is 20.8. The lowest BCUT2D eigenvalue weighted by molar-refractivity contribution is -0.115. The molecule has 0 aromatic heterocycles. The Morgan fingerprint density at radius 2 is 1.43 bits per heavy atom. The molecule has 5 heteroatoms. The van der Waals surface area contributed by atoms with E-state index in [1.807, 2.05) is 94.7 Å². The first-order valence-corrected chi connectivity index (χ1v) is 10.2. The molecule has 0 radical (unpaired) electrons. The van der Waals surface area contributed by atoms with E-state index in [4.69, 9.17) is 0 Å². The fourth-order valence-corrected chi connectivity index (χ4v) is 3.68. The molecule has 1 heterocycles. The predicted octanol–water partition coefficient (Wildman–Crippen LogP) is 4.70. The average molecular weight is 399 g/mol. The van der Waals surface area contributed by atoms with Gasteiger partial charge < -0.3 is 10.2 Å². The summed E-state index contributed by atoms with van der Waals surface area (Å²) < 4.78 is 0. The molecule has 1 N–H and O–H groups in total. The molecule has 3 amide bonds. The van der Waals surface area contributed by atoms with Gasteiger partial charge in [-0.25, -0.2) is 4.79 Å². The molecule has 0 bridgehead atoms. The van der Waals surface area contributed by atoms with Gasteiger partial charge in [0, 0.05) is 31.0 Å². The molecule has 1 aliphatic rings. The SMILES string of the molecule is O=C(Cc1ccccc1)Nc1ccc(N2CCCN(Cc3ccccc3)C2=O)cc1. The second kappa shape index (κ2) is 9.27. The number of rotatable bonds is 6. The van der Waals surface area contributed by atoms with Crippen molar-refractivity contribution in [2.24, 2.45) is 0 Å². The molecule has 0 aliphatic carbocycles. The summed E-state index contributed by atoms with van der Waals surface area (Å²) in [7, 11) is 0. The number of amides is 3. The summed E-state index contributed by atoms with van der Waals surface area (Å²) in [6.07, 6.45) is 1.26. The van der Waals surface area contributed by atoms with Crippen molar-refractivity contribution >= 4 is 23.3 Å². The van der Waals surface area contributed by atoms with Crippen LogP contribution in [0.25, 0.3) is 0 Å². The van der Waals surface area contributed by atoms with Crippen LogP contribution in [0.4, 0.5) is 16.2 Å². The normalized spacial score (nSPS) is 13.9. The molecule has 3 aromatic carbocycles. The zero-order valence-corrected chi connectivity index (χ0v) is 16.8. The van der Waals surface area contributed by atoms with E-state index < -0.39 is 0 Å². The highest BCUT2D eigenvalue weighted by molar-refractivity contribution is 5.94. The summed E-state index contributed by atoms with van der Waals surface area (Å²) >= 11 is 0. The largest absolute Gasteiger partial charge is 0.326 e. The molecular formula is C25H25N3O2. The highest BCUT2D eigenvalue weighted by atomic mass is 16.2. The fraction of sp³-hybridized carbons (Fsp3) is 0.200. The van der Waals surface area contributed by atoms with Crippen LogP contribution in [0.15, 0.2) is 84.9 Å². The van der Waals surface area contributed by atoms with Crippen molar-refractivity contribution in [3.05, 3.63) is 96.1 Å². The van der Waals surface area contributed by atoms with Crippen LogP contribution in [0.1, 0.15) is 17.5 Å². The van der Waals surface area contributed by atoms with E-state index in [0.717, 1.165) is 35.5 Å². The van der Waals surface area contributed by atoms with Gasteiger partial charge in [0.2, 0.25) is 5.91 Å². The Kier molecular flexibility index (Phi) is 6.09. The van der Waals surface area contributed by atoms with E-state index >= 15 is 0 Å².